The fourth-order valence-electron chi connectivity index (χ4n) is 1.32. The molecule has 1 rings (SSSR count). The maximum absolute atomic E-state index is 11.3. The van der Waals surface area contributed by atoms with Crippen molar-refractivity contribution in [1.82, 2.24) is 10.3 Å². The number of carbonyl (C=O) groups excluding carboxylic acids is 1. The minimum absolute atomic E-state index is 0.00972. The van der Waals surface area contributed by atoms with Gasteiger partial charge in [0.25, 0.3) is 0 Å². The van der Waals surface area contributed by atoms with Crippen molar-refractivity contribution in [3.63, 3.8) is 0 Å². The lowest BCUT2D eigenvalue weighted by Crippen LogP contribution is -2.27. The molecule has 1 aromatic heterocycles. The van der Waals surface area contributed by atoms with Crippen molar-refractivity contribution in [3.8, 4) is 0 Å². The van der Waals surface area contributed by atoms with Gasteiger partial charge in [-0.1, -0.05) is 18.2 Å². The second kappa shape index (κ2) is 6.74. The zero-order chi connectivity index (χ0) is 12.8. The Hall–Kier alpha value is -0.910. The molecule has 0 saturated heterocycles. The Morgan fingerprint density at radius 3 is 2.94 bits per heavy atom. The lowest BCUT2D eigenvalue weighted by atomic mass is 10.4. The fourth-order valence-corrected chi connectivity index (χ4v) is 2.35. The Labute approximate surface area is 110 Å². The first-order valence-electron chi connectivity index (χ1n) is 5.31. The van der Waals surface area contributed by atoms with Gasteiger partial charge in [-0.25, -0.2) is 4.98 Å². The van der Waals surface area contributed by atoms with Crippen LogP contribution in [0.2, 0.25) is 0 Å². The molecule has 0 unspecified atom stereocenters. The van der Waals surface area contributed by atoms with Gasteiger partial charge in [0.05, 0.1) is 5.69 Å². The molecule has 17 heavy (non-hydrogen) atoms. The van der Waals surface area contributed by atoms with Crippen molar-refractivity contribution in [1.29, 1.82) is 0 Å². The van der Waals surface area contributed by atoms with Crippen LogP contribution in [0, 0.1) is 0 Å². The molecule has 0 spiro atoms. The summed E-state index contributed by atoms with van der Waals surface area (Å²) in [5.74, 6) is 0.00972. The maximum Gasteiger partial charge on any atom is 0.225 e. The van der Waals surface area contributed by atoms with E-state index < -0.39 is 0 Å². The van der Waals surface area contributed by atoms with Gasteiger partial charge in [-0.2, -0.15) is 0 Å². The van der Waals surface area contributed by atoms with Gasteiger partial charge in [-0.05, 0) is 6.92 Å². The van der Waals surface area contributed by atoms with Gasteiger partial charge in [0.2, 0.25) is 5.91 Å². The average molecular weight is 274 g/mol. The average Bonchev–Trinajstić information content (AvgIpc) is 2.66. The lowest BCUT2D eigenvalue weighted by Gasteiger charge is -2.14. The van der Waals surface area contributed by atoms with Crippen LogP contribution in [0.25, 0.3) is 0 Å². The zero-order valence-electron chi connectivity index (χ0n) is 9.99. The van der Waals surface area contributed by atoms with Crippen molar-refractivity contribution < 1.29 is 4.79 Å². The van der Waals surface area contributed by atoms with E-state index in [-0.39, 0.29) is 5.91 Å². The van der Waals surface area contributed by atoms with Crippen molar-refractivity contribution >= 4 is 34.0 Å². The number of nitrogens with zero attached hydrogens (tertiary/aromatic N) is 2. The molecular weight excluding hydrogens is 258 g/mol. The molecular formula is C11H16ClN3OS. The molecule has 94 valence electrons. The van der Waals surface area contributed by atoms with Crippen LogP contribution in [0.1, 0.15) is 19.5 Å². The highest BCUT2D eigenvalue weighted by atomic mass is 35.5. The van der Waals surface area contributed by atoms with E-state index in [1.54, 1.807) is 11.8 Å². The number of carbonyl (C=O) groups is 1. The summed E-state index contributed by atoms with van der Waals surface area (Å²) in [5, 5.41) is 6.35. The number of nitrogens with one attached hydrogen (secondary N) is 1. The molecule has 0 aliphatic rings. The standard InChI is InChI=1S/C11H16ClN3OS/c1-4-15(9(3)16)11-14-10(7-17-11)6-13-5-8(2)12/h7,13H,2,4-6H2,1,3H3. The third-order valence-corrected chi connectivity index (χ3v) is 3.14. The van der Waals surface area contributed by atoms with Crippen molar-refractivity contribution in [2.45, 2.75) is 20.4 Å². The fraction of sp³-hybridized carbons (Fsp3) is 0.455. The minimum atomic E-state index is 0.00972. The Kier molecular flexibility index (Phi) is 5.61. The number of thiazole rings is 1. The predicted octanol–water partition coefficient (Wildman–Crippen LogP) is 2.36. The summed E-state index contributed by atoms with van der Waals surface area (Å²) in [4.78, 5) is 17.4. The molecule has 4 nitrogen and oxygen atoms in total. The Morgan fingerprint density at radius 2 is 2.41 bits per heavy atom. The Balaban J connectivity index is 2.58. The number of halogens is 1. The van der Waals surface area contributed by atoms with E-state index in [1.807, 2.05) is 12.3 Å². The van der Waals surface area contributed by atoms with E-state index in [1.165, 1.54) is 11.3 Å². The number of hydrogen-bond donors (Lipinski definition) is 1. The van der Waals surface area contributed by atoms with Crippen LogP contribution in [0.5, 0.6) is 0 Å². The molecule has 1 heterocycles. The second-order valence-electron chi connectivity index (χ2n) is 3.51. The minimum Gasteiger partial charge on any atom is -0.306 e. The SMILES string of the molecule is C=C(Cl)CNCc1csc(N(CC)C(C)=O)n1. The van der Waals surface area contributed by atoms with E-state index in [2.05, 4.69) is 16.9 Å². The summed E-state index contributed by atoms with van der Waals surface area (Å²) in [6.07, 6.45) is 0. The highest BCUT2D eigenvalue weighted by Crippen LogP contribution is 2.20. The first-order valence-corrected chi connectivity index (χ1v) is 6.56. The quantitative estimate of drug-likeness (QED) is 0.865. The first kappa shape index (κ1) is 14.2. The molecule has 0 saturated carbocycles. The van der Waals surface area contributed by atoms with Gasteiger partial charge in [0, 0.05) is 37.0 Å². The second-order valence-corrected chi connectivity index (χ2v) is 4.88. The van der Waals surface area contributed by atoms with Crippen LogP contribution >= 0.6 is 22.9 Å². The van der Waals surface area contributed by atoms with Crippen LogP contribution in [-0.2, 0) is 11.3 Å². The molecule has 0 aliphatic carbocycles. The van der Waals surface area contributed by atoms with Crippen molar-refractivity contribution in [3.05, 3.63) is 22.7 Å². The van der Waals surface area contributed by atoms with Crippen molar-refractivity contribution in [2.24, 2.45) is 0 Å². The summed E-state index contributed by atoms with van der Waals surface area (Å²) in [6.45, 7) is 8.87. The number of rotatable bonds is 6. The topological polar surface area (TPSA) is 45.2 Å². The number of amides is 1. The molecule has 0 bridgehead atoms. The van der Waals surface area contributed by atoms with Crippen LogP contribution in [0.4, 0.5) is 5.13 Å². The normalized spacial score (nSPS) is 10.3. The van der Waals surface area contributed by atoms with E-state index in [0.29, 0.717) is 24.7 Å². The summed E-state index contributed by atoms with van der Waals surface area (Å²) < 4.78 is 0. The molecule has 0 aliphatic heterocycles. The molecule has 0 fully saturated rings. The smallest absolute Gasteiger partial charge is 0.225 e. The molecule has 1 N–H and O–H groups in total. The monoisotopic (exact) mass is 273 g/mol. The largest absolute Gasteiger partial charge is 0.306 e. The number of anilines is 1. The van der Waals surface area contributed by atoms with Crippen LogP contribution in [0.3, 0.4) is 0 Å². The van der Waals surface area contributed by atoms with Crippen molar-refractivity contribution in [2.75, 3.05) is 18.0 Å². The van der Waals surface area contributed by atoms with Gasteiger partial charge < -0.3 is 5.32 Å². The van der Waals surface area contributed by atoms with Crippen LogP contribution < -0.4 is 10.2 Å². The Bertz CT molecular complexity index is 405. The van der Waals surface area contributed by atoms with Gasteiger partial charge in [-0.3, -0.25) is 9.69 Å². The highest BCUT2D eigenvalue weighted by Gasteiger charge is 2.12. The first-order chi connectivity index (χ1) is 8.04. The molecule has 6 heteroatoms. The third-order valence-electron chi connectivity index (χ3n) is 2.09. The maximum atomic E-state index is 11.3. The summed E-state index contributed by atoms with van der Waals surface area (Å²) in [5.41, 5.74) is 0.905. The van der Waals surface area contributed by atoms with Crippen LogP contribution in [0.15, 0.2) is 17.0 Å². The summed E-state index contributed by atoms with van der Waals surface area (Å²) >= 11 is 7.10. The molecule has 0 radical (unpaired) electrons. The predicted molar refractivity (Wildman–Crippen MR) is 72.5 cm³/mol. The lowest BCUT2D eigenvalue weighted by molar-refractivity contribution is -0.116. The third kappa shape index (κ3) is 4.46. The Morgan fingerprint density at radius 1 is 1.71 bits per heavy atom. The molecule has 0 atom stereocenters. The van der Waals surface area contributed by atoms with Gasteiger partial charge in [0.15, 0.2) is 5.13 Å². The number of hydrogen-bond acceptors (Lipinski definition) is 4. The highest BCUT2D eigenvalue weighted by molar-refractivity contribution is 7.14. The number of aromatic nitrogens is 1. The van der Waals surface area contributed by atoms with Gasteiger partial charge >= 0.3 is 0 Å². The van der Waals surface area contributed by atoms with Gasteiger partial charge in [-0.15, -0.1) is 11.3 Å². The zero-order valence-corrected chi connectivity index (χ0v) is 11.6. The van der Waals surface area contributed by atoms with E-state index in [0.717, 1.165) is 10.8 Å². The van der Waals surface area contributed by atoms with E-state index >= 15 is 0 Å². The van der Waals surface area contributed by atoms with Gasteiger partial charge in [0.1, 0.15) is 0 Å². The molecule has 0 aromatic carbocycles. The molecule has 1 amide bonds. The summed E-state index contributed by atoms with van der Waals surface area (Å²) in [6, 6.07) is 0. The summed E-state index contributed by atoms with van der Waals surface area (Å²) in [7, 11) is 0. The van der Waals surface area contributed by atoms with E-state index in [9.17, 15) is 4.79 Å². The molecule has 1 aromatic rings. The van der Waals surface area contributed by atoms with E-state index in [4.69, 9.17) is 11.6 Å². The van der Waals surface area contributed by atoms with Crippen LogP contribution in [-0.4, -0.2) is 24.0 Å².